The highest BCUT2D eigenvalue weighted by Crippen LogP contribution is 2.32. The number of nitrogens with two attached hydrogens (primary N) is 1. The first-order valence-corrected chi connectivity index (χ1v) is 6.51. The maximum absolute atomic E-state index is 12.0. The van der Waals surface area contributed by atoms with Gasteiger partial charge in [-0.2, -0.15) is 0 Å². The van der Waals surface area contributed by atoms with Crippen LogP contribution in [-0.2, 0) is 9.59 Å². The third-order valence-corrected chi connectivity index (χ3v) is 3.57. The molecule has 0 bridgehead atoms. The molecule has 1 aliphatic rings. The summed E-state index contributed by atoms with van der Waals surface area (Å²) in [5, 5.41) is 18.6. The number of carbonyl (C=O) groups excluding carboxylic acids is 1. The van der Waals surface area contributed by atoms with E-state index >= 15 is 0 Å². The molecule has 1 fully saturated rings. The molecule has 1 aromatic carbocycles. The van der Waals surface area contributed by atoms with E-state index in [1.165, 1.54) is 12.1 Å². The van der Waals surface area contributed by atoms with Crippen molar-refractivity contribution in [2.24, 2.45) is 11.7 Å². The van der Waals surface area contributed by atoms with E-state index in [1.807, 2.05) is 0 Å². The number of carboxylic acids is 1. The Kier molecular flexibility index (Phi) is 4.24. The molecule has 20 heavy (non-hydrogen) atoms. The Bertz CT molecular complexity index is 518. The molecule has 2 unspecified atom stereocenters. The average molecular weight is 278 g/mol. The zero-order valence-electron chi connectivity index (χ0n) is 11.0. The number of phenolic OH excluding ortho intramolecular Hbond substituents is 1. The largest absolute Gasteiger partial charge is 0.508 e. The van der Waals surface area contributed by atoms with Gasteiger partial charge in [0.2, 0.25) is 5.91 Å². The summed E-state index contributed by atoms with van der Waals surface area (Å²) in [4.78, 5) is 24.7. The van der Waals surface area contributed by atoms with Crippen LogP contribution in [0.4, 0.5) is 0 Å². The fourth-order valence-corrected chi connectivity index (χ4v) is 2.57. The molecule has 4 N–H and O–H groups in total. The van der Waals surface area contributed by atoms with Gasteiger partial charge in [-0.05, 0) is 30.2 Å². The van der Waals surface area contributed by atoms with Crippen molar-refractivity contribution in [3.05, 3.63) is 29.8 Å². The Morgan fingerprint density at radius 3 is 2.80 bits per heavy atom. The number of carbonyl (C=O) groups is 2. The van der Waals surface area contributed by atoms with Crippen LogP contribution in [0.3, 0.4) is 0 Å². The van der Waals surface area contributed by atoms with Gasteiger partial charge in [-0.1, -0.05) is 12.1 Å². The highest BCUT2D eigenvalue weighted by atomic mass is 16.4. The lowest BCUT2D eigenvalue weighted by Gasteiger charge is -2.27. The van der Waals surface area contributed by atoms with Crippen molar-refractivity contribution >= 4 is 11.9 Å². The van der Waals surface area contributed by atoms with Crippen molar-refractivity contribution in [2.75, 3.05) is 13.1 Å². The predicted octanol–water partition coefficient (Wildman–Crippen LogP) is 0.715. The van der Waals surface area contributed by atoms with Crippen LogP contribution >= 0.6 is 0 Å². The molecule has 0 aromatic heterocycles. The minimum absolute atomic E-state index is 0.0555. The zero-order chi connectivity index (χ0) is 14.7. The number of likely N-dealkylation sites (tertiary alicyclic amines) is 1. The molecule has 6 nitrogen and oxygen atoms in total. The van der Waals surface area contributed by atoms with Gasteiger partial charge in [-0.25, -0.2) is 0 Å². The Labute approximate surface area is 116 Å². The topological polar surface area (TPSA) is 104 Å². The van der Waals surface area contributed by atoms with Crippen LogP contribution in [0.25, 0.3) is 0 Å². The summed E-state index contributed by atoms with van der Waals surface area (Å²) in [6.07, 6.45) is 0.165. The number of aromatic hydroxyl groups is 1. The predicted molar refractivity (Wildman–Crippen MR) is 72.0 cm³/mol. The number of rotatable bonds is 5. The summed E-state index contributed by atoms with van der Waals surface area (Å²) < 4.78 is 0. The lowest BCUT2D eigenvalue weighted by atomic mass is 10.0. The van der Waals surface area contributed by atoms with Gasteiger partial charge in [0.05, 0.1) is 12.5 Å². The van der Waals surface area contributed by atoms with Gasteiger partial charge >= 0.3 is 5.97 Å². The Balaban J connectivity index is 2.28. The number of aliphatic carboxylic acids is 1. The van der Waals surface area contributed by atoms with E-state index in [9.17, 15) is 14.7 Å². The highest BCUT2D eigenvalue weighted by molar-refractivity contribution is 5.80. The van der Waals surface area contributed by atoms with E-state index in [2.05, 4.69) is 0 Å². The van der Waals surface area contributed by atoms with E-state index < -0.39 is 12.0 Å². The molecule has 1 aliphatic heterocycles. The lowest BCUT2D eigenvalue weighted by molar-refractivity contribution is -0.139. The first-order chi connectivity index (χ1) is 9.51. The van der Waals surface area contributed by atoms with Gasteiger partial charge in [0, 0.05) is 13.0 Å². The first-order valence-electron chi connectivity index (χ1n) is 6.51. The highest BCUT2D eigenvalue weighted by Gasteiger charge is 2.35. The van der Waals surface area contributed by atoms with Crippen molar-refractivity contribution in [2.45, 2.75) is 18.9 Å². The van der Waals surface area contributed by atoms with Crippen LogP contribution in [0.5, 0.6) is 5.75 Å². The summed E-state index contributed by atoms with van der Waals surface area (Å²) in [5.74, 6) is -0.951. The smallest absolute Gasteiger partial charge is 0.305 e. The number of hydrogen-bond acceptors (Lipinski definition) is 4. The molecule has 108 valence electrons. The van der Waals surface area contributed by atoms with Crippen LogP contribution in [0.2, 0.25) is 0 Å². The standard InChI is InChI=1S/C14H18N2O4/c15-7-9-4-13(18)16(8-9)12(6-14(19)20)10-2-1-3-11(17)5-10/h1-3,5,9,12,17H,4,6-8,15H2,(H,19,20). The van der Waals surface area contributed by atoms with Crippen molar-refractivity contribution in [1.29, 1.82) is 0 Å². The quantitative estimate of drug-likeness (QED) is 0.736. The van der Waals surface area contributed by atoms with Crippen LogP contribution < -0.4 is 5.73 Å². The minimum Gasteiger partial charge on any atom is -0.508 e. The number of phenols is 1. The zero-order valence-corrected chi connectivity index (χ0v) is 11.0. The van der Waals surface area contributed by atoms with Crippen molar-refractivity contribution in [3.8, 4) is 5.75 Å². The SMILES string of the molecule is NCC1CC(=O)N(C(CC(=O)O)c2cccc(O)c2)C1. The maximum atomic E-state index is 12.0. The molecule has 0 saturated carbocycles. The third-order valence-electron chi connectivity index (χ3n) is 3.57. The van der Waals surface area contributed by atoms with Crippen LogP contribution in [0, 0.1) is 5.92 Å². The summed E-state index contributed by atoms with van der Waals surface area (Å²) in [6, 6.07) is 5.80. The molecule has 0 spiro atoms. The number of benzene rings is 1. The van der Waals surface area contributed by atoms with Crippen LogP contribution in [0.1, 0.15) is 24.4 Å². The van der Waals surface area contributed by atoms with E-state index in [-0.39, 0.29) is 24.0 Å². The molecule has 2 rings (SSSR count). The Hall–Kier alpha value is -2.08. The molecule has 0 aliphatic carbocycles. The van der Waals surface area contributed by atoms with Gasteiger partial charge in [0.1, 0.15) is 5.75 Å². The van der Waals surface area contributed by atoms with Crippen LogP contribution in [-0.4, -0.2) is 40.1 Å². The Morgan fingerprint density at radius 2 is 2.25 bits per heavy atom. The number of hydrogen-bond donors (Lipinski definition) is 3. The van der Waals surface area contributed by atoms with Crippen molar-refractivity contribution in [1.82, 2.24) is 4.90 Å². The molecule has 2 atom stereocenters. The fourth-order valence-electron chi connectivity index (χ4n) is 2.57. The molecule has 1 amide bonds. The van der Waals surface area contributed by atoms with Gasteiger partial charge < -0.3 is 20.8 Å². The lowest BCUT2D eigenvalue weighted by Crippen LogP contribution is -2.32. The maximum Gasteiger partial charge on any atom is 0.305 e. The number of carboxylic acid groups (broad SMARTS) is 1. The van der Waals surface area contributed by atoms with Crippen molar-refractivity contribution in [3.63, 3.8) is 0 Å². The summed E-state index contributed by atoms with van der Waals surface area (Å²) in [7, 11) is 0. The number of amides is 1. The second-order valence-corrected chi connectivity index (χ2v) is 5.06. The minimum atomic E-state index is -0.984. The summed E-state index contributed by atoms with van der Waals surface area (Å²) in [5.41, 5.74) is 6.21. The molecule has 6 heteroatoms. The van der Waals surface area contributed by atoms with E-state index in [0.29, 0.717) is 25.1 Å². The van der Waals surface area contributed by atoms with Crippen LogP contribution in [0.15, 0.2) is 24.3 Å². The van der Waals surface area contributed by atoms with E-state index in [1.54, 1.807) is 17.0 Å². The van der Waals surface area contributed by atoms with E-state index in [0.717, 1.165) is 0 Å². The third kappa shape index (κ3) is 3.08. The van der Waals surface area contributed by atoms with Gasteiger partial charge in [-0.15, -0.1) is 0 Å². The normalized spacial score (nSPS) is 20.1. The molecular weight excluding hydrogens is 260 g/mol. The number of nitrogens with zero attached hydrogens (tertiary/aromatic N) is 1. The summed E-state index contributed by atoms with van der Waals surface area (Å²) in [6.45, 7) is 0.866. The average Bonchev–Trinajstić information content (AvgIpc) is 2.77. The second kappa shape index (κ2) is 5.92. The Morgan fingerprint density at radius 1 is 1.50 bits per heavy atom. The fraction of sp³-hybridized carbons (Fsp3) is 0.429. The monoisotopic (exact) mass is 278 g/mol. The molecule has 0 radical (unpaired) electrons. The van der Waals surface area contributed by atoms with Gasteiger partial charge in [0.15, 0.2) is 0 Å². The van der Waals surface area contributed by atoms with Crippen molar-refractivity contribution < 1.29 is 19.8 Å². The molecule has 1 heterocycles. The molecule has 1 saturated heterocycles. The molecule has 1 aromatic rings. The summed E-state index contributed by atoms with van der Waals surface area (Å²) >= 11 is 0. The molecular formula is C14H18N2O4. The first kappa shape index (κ1) is 14.3. The van der Waals surface area contributed by atoms with Gasteiger partial charge in [0.25, 0.3) is 0 Å². The van der Waals surface area contributed by atoms with E-state index in [4.69, 9.17) is 10.8 Å². The van der Waals surface area contributed by atoms with Gasteiger partial charge in [-0.3, -0.25) is 9.59 Å². The second-order valence-electron chi connectivity index (χ2n) is 5.06.